The van der Waals surface area contributed by atoms with Crippen molar-refractivity contribution in [3.05, 3.63) is 64.4 Å². The first-order valence-corrected chi connectivity index (χ1v) is 6.96. The van der Waals surface area contributed by atoms with Crippen molar-refractivity contribution in [2.45, 2.75) is 13.0 Å². The van der Waals surface area contributed by atoms with E-state index in [9.17, 15) is 4.39 Å². The third-order valence-electron chi connectivity index (χ3n) is 3.45. The highest BCUT2D eigenvalue weighted by atomic mass is 35.5. The Morgan fingerprint density at radius 1 is 1.15 bits per heavy atom. The van der Waals surface area contributed by atoms with Crippen molar-refractivity contribution in [1.82, 2.24) is 4.90 Å². The molecule has 0 radical (unpaired) electrons. The van der Waals surface area contributed by atoms with Gasteiger partial charge in [-0.05, 0) is 42.3 Å². The maximum absolute atomic E-state index is 13.2. The fraction of sp³-hybridized carbons (Fsp3) is 0.250. The fourth-order valence-electron chi connectivity index (χ4n) is 2.34. The van der Waals surface area contributed by atoms with Gasteiger partial charge in [-0.15, -0.1) is 0 Å². The molecule has 0 amide bonds. The predicted octanol–water partition coefficient (Wildman–Crippen LogP) is 3.87. The highest BCUT2D eigenvalue weighted by Crippen LogP contribution is 2.25. The van der Waals surface area contributed by atoms with E-state index in [2.05, 4.69) is 4.90 Å². The van der Waals surface area contributed by atoms with Crippen LogP contribution in [-0.2, 0) is 13.0 Å². The molecule has 0 bridgehead atoms. The van der Waals surface area contributed by atoms with Gasteiger partial charge in [0, 0.05) is 23.7 Å². The van der Waals surface area contributed by atoms with Crippen LogP contribution in [0.25, 0.3) is 0 Å². The molecule has 104 valence electrons. The van der Waals surface area contributed by atoms with Crippen LogP contribution in [0.2, 0.25) is 5.02 Å². The minimum Gasteiger partial charge on any atom is -0.478 e. The molecule has 20 heavy (non-hydrogen) atoms. The summed E-state index contributed by atoms with van der Waals surface area (Å²) < 4.78 is 18.9. The van der Waals surface area contributed by atoms with Crippen molar-refractivity contribution in [3.63, 3.8) is 0 Å². The van der Waals surface area contributed by atoms with E-state index in [4.69, 9.17) is 16.3 Å². The van der Waals surface area contributed by atoms with Crippen molar-refractivity contribution in [1.29, 1.82) is 0 Å². The first-order valence-electron chi connectivity index (χ1n) is 6.59. The van der Waals surface area contributed by atoms with Gasteiger partial charge >= 0.3 is 0 Å². The summed E-state index contributed by atoms with van der Waals surface area (Å²) in [5.41, 5.74) is 2.15. The Balaban J connectivity index is 1.61. The van der Waals surface area contributed by atoms with Gasteiger partial charge in [0.1, 0.15) is 18.3 Å². The summed E-state index contributed by atoms with van der Waals surface area (Å²) in [4.78, 5) is 2.16. The molecule has 0 saturated carbocycles. The van der Waals surface area contributed by atoms with Crippen LogP contribution in [0, 0.1) is 5.82 Å². The van der Waals surface area contributed by atoms with Crippen molar-refractivity contribution >= 4 is 11.6 Å². The molecule has 3 rings (SSSR count). The Morgan fingerprint density at radius 2 is 1.95 bits per heavy atom. The van der Waals surface area contributed by atoms with Gasteiger partial charge in [-0.3, -0.25) is 4.90 Å². The van der Waals surface area contributed by atoms with Crippen molar-refractivity contribution in [2.24, 2.45) is 0 Å². The fourth-order valence-corrected chi connectivity index (χ4v) is 2.47. The first-order chi connectivity index (χ1) is 9.70. The quantitative estimate of drug-likeness (QED) is 0.851. The normalized spacial score (nSPS) is 14.7. The molecule has 0 aliphatic carbocycles. The number of halogens is 2. The molecule has 0 unspecified atom stereocenters. The maximum Gasteiger partial charge on any atom is 0.142 e. The molecule has 2 aromatic carbocycles. The van der Waals surface area contributed by atoms with E-state index < -0.39 is 0 Å². The average Bonchev–Trinajstić information content (AvgIpc) is 2.46. The van der Waals surface area contributed by atoms with E-state index in [1.165, 1.54) is 11.6 Å². The molecular formula is C16H15ClFNO. The van der Waals surface area contributed by atoms with E-state index in [0.717, 1.165) is 35.8 Å². The molecule has 2 aromatic rings. The second kappa shape index (κ2) is 5.81. The van der Waals surface area contributed by atoms with Gasteiger partial charge in [0.05, 0.1) is 0 Å². The highest BCUT2D eigenvalue weighted by Gasteiger charge is 2.17. The second-order valence-corrected chi connectivity index (χ2v) is 5.39. The summed E-state index contributed by atoms with van der Waals surface area (Å²) in [5, 5.41) is 0.749. The van der Waals surface area contributed by atoms with E-state index in [1.54, 1.807) is 12.1 Å². The van der Waals surface area contributed by atoms with E-state index in [-0.39, 0.29) is 5.82 Å². The third-order valence-corrected chi connectivity index (χ3v) is 3.70. The van der Waals surface area contributed by atoms with Gasteiger partial charge in [0.2, 0.25) is 0 Å². The summed E-state index contributed by atoms with van der Waals surface area (Å²) in [5.74, 6) is 0.570. The number of nitrogens with zero attached hydrogens (tertiary/aromatic N) is 1. The van der Waals surface area contributed by atoms with E-state index in [0.29, 0.717) is 6.73 Å². The first kappa shape index (κ1) is 13.4. The molecule has 1 aliphatic rings. The lowest BCUT2D eigenvalue weighted by Crippen LogP contribution is -2.33. The summed E-state index contributed by atoms with van der Waals surface area (Å²) >= 11 is 5.87. The lowest BCUT2D eigenvalue weighted by atomic mass is 10.1. The van der Waals surface area contributed by atoms with Crippen LogP contribution in [-0.4, -0.2) is 18.2 Å². The van der Waals surface area contributed by atoms with Crippen LogP contribution in [0.5, 0.6) is 5.75 Å². The Labute approximate surface area is 122 Å². The zero-order valence-corrected chi connectivity index (χ0v) is 11.7. The number of ether oxygens (including phenoxy) is 1. The molecule has 0 aromatic heterocycles. The van der Waals surface area contributed by atoms with Gasteiger partial charge in [-0.1, -0.05) is 23.7 Å². The number of fused-ring (bicyclic) bond motifs is 1. The van der Waals surface area contributed by atoms with Crippen molar-refractivity contribution in [3.8, 4) is 5.75 Å². The van der Waals surface area contributed by atoms with Gasteiger partial charge in [-0.25, -0.2) is 4.39 Å². The molecule has 2 nitrogen and oxygen atoms in total. The van der Waals surface area contributed by atoms with Crippen molar-refractivity contribution in [2.75, 3.05) is 13.3 Å². The highest BCUT2D eigenvalue weighted by molar-refractivity contribution is 6.30. The van der Waals surface area contributed by atoms with E-state index in [1.807, 2.05) is 24.3 Å². The summed E-state index contributed by atoms with van der Waals surface area (Å²) in [6.45, 7) is 2.14. The van der Waals surface area contributed by atoms with Crippen LogP contribution in [0.3, 0.4) is 0 Å². The zero-order valence-electron chi connectivity index (χ0n) is 11.0. The van der Waals surface area contributed by atoms with Crippen LogP contribution in [0.4, 0.5) is 4.39 Å². The Kier molecular flexibility index (Phi) is 3.90. The number of rotatable bonds is 3. The van der Waals surface area contributed by atoms with E-state index >= 15 is 0 Å². The minimum absolute atomic E-state index is 0.216. The zero-order chi connectivity index (χ0) is 13.9. The maximum atomic E-state index is 13.2. The average molecular weight is 292 g/mol. The molecule has 0 saturated heterocycles. The Morgan fingerprint density at radius 3 is 2.75 bits per heavy atom. The molecule has 4 heteroatoms. The van der Waals surface area contributed by atoms with Crippen LogP contribution < -0.4 is 4.74 Å². The monoisotopic (exact) mass is 291 g/mol. The minimum atomic E-state index is -0.216. The van der Waals surface area contributed by atoms with Gasteiger partial charge in [-0.2, -0.15) is 0 Å². The van der Waals surface area contributed by atoms with Gasteiger partial charge in [0.15, 0.2) is 0 Å². The van der Waals surface area contributed by atoms with Crippen LogP contribution in [0.1, 0.15) is 11.1 Å². The van der Waals surface area contributed by atoms with Gasteiger partial charge in [0.25, 0.3) is 0 Å². The Hall–Kier alpha value is -1.58. The third kappa shape index (κ3) is 3.11. The number of benzene rings is 2. The largest absolute Gasteiger partial charge is 0.478 e. The lowest BCUT2D eigenvalue weighted by molar-refractivity contribution is 0.0962. The summed E-state index contributed by atoms with van der Waals surface area (Å²) in [6.07, 6.45) is 0.922. The molecule has 0 fully saturated rings. The second-order valence-electron chi connectivity index (χ2n) is 4.95. The predicted molar refractivity (Wildman–Crippen MR) is 77.5 cm³/mol. The SMILES string of the molecule is Fc1ccc2c(c1)CN(CCc1ccc(Cl)cc1)CO2. The summed E-state index contributed by atoms with van der Waals surface area (Å²) in [7, 11) is 0. The topological polar surface area (TPSA) is 12.5 Å². The number of hydrogen-bond acceptors (Lipinski definition) is 2. The molecular weight excluding hydrogens is 277 g/mol. The van der Waals surface area contributed by atoms with Crippen LogP contribution >= 0.6 is 11.6 Å². The lowest BCUT2D eigenvalue weighted by Gasteiger charge is -2.28. The molecule has 0 N–H and O–H groups in total. The van der Waals surface area contributed by atoms with Gasteiger partial charge < -0.3 is 4.74 Å². The Bertz CT molecular complexity index is 600. The molecule has 1 aliphatic heterocycles. The molecule has 1 heterocycles. The summed E-state index contributed by atoms with van der Waals surface area (Å²) in [6, 6.07) is 12.5. The smallest absolute Gasteiger partial charge is 0.142 e. The standard InChI is InChI=1S/C16H15ClFNO/c17-14-3-1-12(2-4-14)7-8-19-10-13-9-15(18)5-6-16(13)20-11-19/h1-6,9H,7-8,10-11H2. The van der Waals surface area contributed by atoms with Crippen LogP contribution in [0.15, 0.2) is 42.5 Å². The molecule has 0 atom stereocenters. The molecule has 0 spiro atoms. The number of hydrogen-bond donors (Lipinski definition) is 0. The van der Waals surface area contributed by atoms with Crippen molar-refractivity contribution < 1.29 is 9.13 Å².